The van der Waals surface area contributed by atoms with Crippen LogP contribution in [0.5, 0.6) is 5.75 Å². The van der Waals surface area contributed by atoms with Crippen molar-refractivity contribution in [1.82, 2.24) is 10.6 Å². The molecule has 0 aliphatic carbocycles. The van der Waals surface area contributed by atoms with Crippen molar-refractivity contribution in [3.05, 3.63) is 34.4 Å². The van der Waals surface area contributed by atoms with Crippen LogP contribution in [0.4, 0.5) is 15.3 Å². The molecule has 11 heteroatoms. The number of non-ortho nitro benzene ring substituents is 1. The first-order valence-corrected chi connectivity index (χ1v) is 10.6. The Kier molecular flexibility index (Phi) is 10.1. The van der Waals surface area contributed by atoms with Gasteiger partial charge in [-0.3, -0.25) is 10.1 Å². The van der Waals surface area contributed by atoms with E-state index in [1.165, 1.54) is 24.3 Å². The lowest BCUT2D eigenvalue weighted by molar-refractivity contribution is -0.384. The monoisotopic (exact) mass is 467 g/mol. The number of benzene rings is 1. The number of esters is 1. The fourth-order valence-electron chi connectivity index (χ4n) is 2.51. The number of nitrogens with zero attached hydrogens (tertiary/aromatic N) is 1. The molecule has 0 fully saturated rings. The van der Waals surface area contributed by atoms with E-state index < -0.39 is 40.3 Å². The first-order chi connectivity index (χ1) is 15.2. The molecule has 0 aliphatic heterocycles. The Hall–Kier alpha value is -3.37. The Labute approximate surface area is 193 Å². The van der Waals surface area contributed by atoms with Crippen LogP contribution in [0.2, 0.25) is 0 Å². The average molecular weight is 468 g/mol. The van der Waals surface area contributed by atoms with Gasteiger partial charge in [-0.05, 0) is 72.9 Å². The number of carbonyl (C=O) groups is 3. The molecule has 0 aromatic heterocycles. The second kappa shape index (κ2) is 12.0. The van der Waals surface area contributed by atoms with Crippen LogP contribution >= 0.6 is 0 Å². The Morgan fingerprint density at radius 3 is 2.03 bits per heavy atom. The molecule has 1 atom stereocenters. The summed E-state index contributed by atoms with van der Waals surface area (Å²) in [5, 5.41) is 15.8. The number of nitro groups is 1. The molecule has 0 radical (unpaired) electrons. The summed E-state index contributed by atoms with van der Waals surface area (Å²) in [6.45, 7) is 10.8. The molecule has 0 heterocycles. The minimum atomic E-state index is -0.976. The number of hydrogen-bond donors (Lipinski definition) is 2. The Morgan fingerprint density at radius 1 is 0.939 bits per heavy atom. The van der Waals surface area contributed by atoms with Crippen LogP contribution in [0.15, 0.2) is 24.3 Å². The molecular weight excluding hydrogens is 434 g/mol. The summed E-state index contributed by atoms with van der Waals surface area (Å²) >= 11 is 0. The first kappa shape index (κ1) is 27.7. The van der Waals surface area contributed by atoms with Crippen molar-refractivity contribution >= 4 is 23.8 Å². The van der Waals surface area contributed by atoms with E-state index in [1.54, 1.807) is 41.5 Å². The summed E-state index contributed by atoms with van der Waals surface area (Å²) in [5.74, 6) is -0.536. The third-order valence-electron chi connectivity index (χ3n) is 3.83. The number of unbranched alkanes of at least 4 members (excludes halogenated alkanes) is 1. The molecular formula is C22H33N3O8. The minimum Gasteiger partial charge on any atom is -0.458 e. The molecule has 0 unspecified atom stereocenters. The predicted octanol–water partition coefficient (Wildman–Crippen LogP) is 4.09. The lowest BCUT2D eigenvalue weighted by atomic mass is 10.1. The highest BCUT2D eigenvalue weighted by Crippen LogP contribution is 2.18. The molecule has 0 saturated heterocycles. The first-order valence-electron chi connectivity index (χ1n) is 10.6. The van der Waals surface area contributed by atoms with E-state index in [-0.39, 0.29) is 17.9 Å². The van der Waals surface area contributed by atoms with Crippen LogP contribution in [0.3, 0.4) is 0 Å². The molecule has 11 nitrogen and oxygen atoms in total. The average Bonchev–Trinajstić information content (AvgIpc) is 2.64. The highest BCUT2D eigenvalue weighted by molar-refractivity contribution is 5.82. The van der Waals surface area contributed by atoms with Gasteiger partial charge in [0.05, 0.1) is 4.92 Å². The minimum absolute atomic E-state index is 0.0857. The number of carbonyl (C=O) groups excluding carboxylic acids is 3. The Morgan fingerprint density at radius 2 is 1.52 bits per heavy atom. The van der Waals surface area contributed by atoms with Crippen LogP contribution in [-0.2, 0) is 14.3 Å². The molecule has 1 aromatic rings. The van der Waals surface area contributed by atoms with E-state index in [0.717, 1.165) is 0 Å². The van der Waals surface area contributed by atoms with E-state index in [1.807, 2.05) is 0 Å². The van der Waals surface area contributed by atoms with Crippen molar-refractivity contribution in [2.75, 3.05) is 6.54 Å². The summed E-state index contributed by atoms with van der Waals surface area (Å²) in [6.07, 6.45) is -0.141. The molecule has 33 heavy (non-hydrogen) atoms. The van der Waals surface area contributed by atoms with Crippen LogP contribution < -0.4 is 15.4 Å². The number of hydrogen-bond acceptors (Lipinski definition) is 8. The molecule has 0 bridgehead atoms. The van der Waals surface area contributed by atoms with Gasteiger partial charge in [-0.25, -0.2) is 14.4 Å². The van der Waals surface area contributed by atoms with Crippen molar-refractivity contribution in [3.63, 3.8) is 0 Å². The zero-order chi connectivity index (χ0) is 25.2. The molecule has 1 rings (SSSR count). The normalized spacial score (nSPS) is 12.3. The van der Waals surface area contributed by atoms with Gasteiger partial charge in [0.25, 0.3) is 5.69 Å². The molecule has 0 aliphatic rings. The van der Waals surface area contributed by atoms with Gasteiger partial charge in [0.1, 0.15) is 23.0 Å². The summed E-state index contributed by atoms with van der Waals surface area (Å²) in [6, 6.07) is 3.98. The summed E-state index contributed by atoms with van der Waals surface area (Å²) < 4.78 is 15.6. The van der Waals surface area contributed by atoms with Crippen molar-refractivity contribution in [3.8, 4) is 5.75 Å². The second-order valence-corrected chi connectivity index (χ2v) is 9.30. The third-order valence-corrected chi connectivity index (χ3v) is 3.83. The third kappa shape index (κ3) is 12.3. The van der Waals surface area contributed by atoms with Gasteiger partial charge in [0.15, 0.2) is 0 Å². The molecule has 2 N–H and O–H groups in total. The molecule has 184 valence electrons. The number of ether oxygens (including phenoxy) is 3. The zero-order valence-electron chi connectivity index (χ0n) is 19.9. The number of alkyl carbamates (subject to hydrolysis) is 1. The molecule has 2 amide bonds. The lowest BCUT2D eigenvalue weighted by Crippen LogP contribution is -2.45. The largest absolute Gasteiger partial charge is 0.458 e. The van der Waals surface area contributed by atoms with Gasteiger partial charge >= 0.3 is 18.2 Å². The smallest absolute Gasteiger partial charge is 0.413 e. The van der Waals surface area contributed by atoms with Crippen LogP contribution in [-0.4, -0.2) is 46.9 Å². The van der Waals surface area contributed by atoms with Crippen molar-refractivity contribution < 1.29 is 33.5 Å². The van der Waals surface area contributed by atoms with E-state index in [9.17, 15) is 24.5 Å². The Balaban J connectivity index is 2.62. The molecule has 1 aromatic carbocycles. The van der Waals surface area contributed by atoms with Crippen LogP contribution in [0.25, 0.3) is 0 Å². The van der Waals surface area contributed by atoms with Gasteiger partial charge < -0.3 is 24.8 Å². The SMILES string of the molecule is CC(C)(C)OC(=O)NCCCC[C@H](NC(=O)Oc1ccc([N+](=O)[O-])cc1)C(=O)OC(C)(C)C. The zero-order valence-corrected chi connectivity index (χ0v) is 19.9. The number of nitrogens with one attached hydrogen (secondary N) is 2. The summed E-state index contributed by atoms with van der Waals surface area (Å²) in [5.41, 5.74) is -1.49. The van der Waals surface area contributed by atoms with Crippen LogP contribution in [0, 0.1) is 10.1 Å². The summed E-state index contributed by atoms with van der Waals surface area (Å²) in [4.78, 5) is 46.6. The van der Waals surface area contributed by atoms with E-state index in [0.29, 0.717) is 19.4 Å². The van der Waals surface area contributed by atoms with Crippen molar-refractivity contribution in [2.45, 2.75) is 78.0 Å². The fourth-order valence-corrected chi connectivity index (χ4v) is 2.51. The maximum Gasteiger partial charge on any atom is 0.413 e. The quantitative estimate of drug-likeness (QED) is 0.239. The predicted molar refractivity (Wildman–Crippen MR) is 120 cm³/mol. The highest BCUT2D eigenvalue weighted by atomic mass is 16.6. The van der Waals surface area contributed by atoms with E-state index in [4.69, 9.17) is 14.2 Å². The topological polar surface area (TPSA) is 146 Å². The number of nitro benzene ring substituents is 1. The van der Waals surface area contributed by atoms with Gasteiger partial charge in [-0.2, -0.15) is 0 Å². The maximum atomic E-state index is 12.5. The van der Waals surface area contributed by atoms with Gasteiger partial charge in [-0.15, -0.1) is 0 Å². The van der Waals surface area contributed by atoms with Gasteiger partial charge in [0, 0.05) is 18.7 Å². The molecule has 0 saturated carbocycles. The highest BCUT2D eigenvalue weighted by Gasteiger charge is 2.27. The van der Waals surface area contributed by atoms with E-state index >= 15 is 0 Å². The van der Waals surface area contributed by atoms with Gasteiger partial charge in [-0.1, -0.05) is 0 Å². The fraction of sp³-hybridized carbons (Fsp3) is 0.591. The lowest BCUT2D eigenvalue weighted by Gasteiger charge is -2.24. The van der Waals surface area contributed by atoms with Crippen LogP contribution in [0.1, 0.15) is 60.8 Å². The van der Waals surface area contributed by atoms with Crippen molar-refractivity contribution in [2.24, 2.45) is 0 Å². The standard InChI is InChI=1S/C22H33N3O8/c1-21(2,3)32-18(26)17(9-7-8-14-23-19(27)33-22(4,5)6)24-20(28)31-16-12-10-15(11-13-16)25(29)30/h10-13,17H,7-9,14H2,1-6H3,(H,23,27)(H,24,28)/t17-/m0/s1. The summed E-state index contributed by atoms with van der Waals surface area (Å²) in [7, 11) is 0. The second-order valence-electron chi connectivity index (χ2n) is 9.30. The number of rotatable bonds is 9. The number of amides is 2. The van der Waals surface area contributed by atoms with E-state index in [2.05, 4.69) is 10.6 Å². The Bertz CT molecular complexity index is 826. The molecule has 0 spiro atoms. The van der Waals surface area contributed by atoms with Gasteiger partial charge in [0.2, 0.25) is 0 Å². The van der Waals surface area contributed by atoms with Crippen molar-refractivity contribution in [1.29, 1.82) is 0 Å². The maximum absolute atomic E-state index is 12.5.